The van der Waals surface area contributed by atoms with Gasteiger partial charge in [0.25, 0.3) is 5.91 Å². The highest BCUT2D eigenvalue weighted by Gasteiger charge is 2.13. The predicted octanol–water partition coefficient (Wildman–Crippen LogP) is 2.09. The Bertz CT molecular complexity index is 732. The van der Waals surface area contributed by atoms with E-state index in [0.29, 0.717) is 16.9 Å². The third-order valence-corrected chi connectivity index (χ3v) is 2.81. The zero-order valence-electron chi connectivity index (χ0n) is 11.5. The lowest BCUT2D eigenvalue weighted by Gasteiger charge is -2.09. The first-order chi connectivity index (χ1) is 10.1. The van der Waals surface area contributed by atoms with Crippen molar-refractivity contribution >= 4 is 11.6 Å². The molecule has 0 bridgehead atoms. The summed E-state index contributed by atoms with van der Waals surface area (Å²) in [4.78, 5) is 16.4. The maximum atomic E-state index is 13.4. The molecule has 1 aromatic carbocycles. The van der Waals surface area contributed by atoms with Crippen molar-refractivity contribution in [2.75, 3.05) is 11.9 Å². The summed E-state index contributed by atoms with van der Waals surface area (Å²) in [7, 11) is 0. The monoisotopic (exact) mass is 283 g/mol. The molecule has 0 radical (unpaired) electrons. The minimum absolute atomic E-state index is 0.166. The summed E-state index contributed by atoms with van der Waals surface area (Å²) < 4.78 is 13.4. The van der Waals surface area contributed by atoms with Crippen LogP contribution in [0.15, 0.2) is 36.5 Å². The lowest BCUT2D eigenvalue weighted by Crippen LogP contribution is -2.15. The van der Waals surface area contributed by atoms with Crippen molar-refractivity contribution in [3.63, 3.8) is 0 Å². The summed E-state index contributed by atoms with van der Waals surface area (Å²) in [5.74, 6) is 4.48. The lowest BCUT2D eigenvalue weighted by atomic mass is 10.1. The van der Waals surface area contributed by atoms with E-state index in [1.807, 2.05) is 0 Å². The Morgan fingerprint density at radius 1 is 1.43 bits per heavy atom. The molecule has 106 valence electrons. The number of rotatable bonds is 2. The highest BCUT2D eigenvalue weighted by Crippen LogP contribution is 2.15. The molecule has 0 fully saturated rings. The van der Waals surface area contributed by atoms with Crippen LogP contribution < -0.4 is 11.1 Å². The molecule has 0 atom stereocenters. The van der Waals surface area contributed by atoms with Gasteiger partial charge in [0.05, 0.1) is 23.5 Å². The molecular formula is C16H14FN3O. The van der Waals surface area contributed by atoms with Crippen LogP contribution in [0.25, 0.3) is 0 Å². The van der Waals surface area contributed by atoms with Crippen LogP contribution in [0.3, 0.4) is 0 Å². The van der Waals surface area contributed by atoms with E-state index in [1.54, 1.807) is 25.3 Å². The summed E-state index contributed by atoms with van der Waals surface area (Å²) >= 11 is 0. The largest absolute Gasteiger partial charge is 0.320 e. The lowest BCUT2D eigenvalue weighted by molar-refractivity contribution is 0.102. The third kappa shape index (κ3) is 3.65. The van der Waals surface area contributed by atoms with Gasteiger partial charge in [0.1, 0.15) is 5.82 Å². The number of aromatic nitrogens is 1. The molecule has 5 heteroatoms. The Morgan fingerprint density at radius 2 is 2.24 bits per heavy atom. The number of carbonyl (C=O) groups is 1. The molecule has 0 aliphatic carbocycles. The number of nitrogens with zero attached hydrogens (tertiary/aromatic N) is 1. The first kappa shape index (κ1) is 14.7. The van der Waals surface area contributed by atoms with E-state index in [2.05, 4.69) is 22.1 Å². The van der Waals surface area contributed by atoms with E-state index in [1.165, 1.54) is 12.1 Å². The second-order valence-corrected chi connectivity index (χ2v) is 4.29. The molecule has 4 nitrogen and oxygen atoms in total. The quantitative estimate of drug-likeness (QED) is 0.829. The van der Waals surface area contributed by atoms with Crippen molar-refractivity contribution in [2.24, 2.45) is 5.73 Å². The molecule has 2 aromatic rings. The number of nitrogens with two attached hydrogens (primary N) is 1. The molecule has 0 saturated heterocycles. The fourth-order valence-electron chi connectivity index (χ4n) is 1.77. The first-order valence-corrected chi connectivity index (χ1v) is 6.33. The van der Waals surface area contributed by atoms with E-state index >= 15 is 0 Å². The number of hydrogen-bond donors (Lipinski definition) is 2. The molecule has 1 heterocycles. The molecule has 0 saturated carbocycles. The highest BCUT2D eigenvalue weighted by atomic mass is 19.1. The standard InChI is InChI=1S/C16H14FN3O/c1-11-15(5-3-9-19-11)20-16(21)14-10-13(17)7-6-12(14)4-2-8-18/h3,5-7,9-10H,8,18H2,1H3,(H,20,21). The molecule has 0 aliphatic rings. The Labute approximate surface area is 122 Å². The summed E-state index contributed by atoms with van der Waals surface area (Å²) in [5, 5.41) is 2.70. The van der Waals surface area contributed by atoms with Gasteiger partial charge in [-0.1, -0.05) is 11.8 Å². The van der Waals surface area contributed by atoms with Crippen LogP contribution >= 0.6 is 0 Å². The second kappa shape index (κ2) is 6.64. The van der Waals surface area contributed by atoms with Crippen LogP contribution in [0.2, 0.25) is 0 Å². The van der Waals surface area contributed by atoms with E-state index in [0.717, 1.165) is 6.07 Å². The van der Waals surface area contributed by atoms with Gasteiger partial charge < -0.3 is 11.1 Å². The zero-order valence-corrected chi connectivity index (χ0v) is 11.5. The van der Waals surface area contributed by atoms with E-state index in [9.17, 15) is 9.18 Å². The number of halogens is 1. The Balaban J connectivity index is 2.34. The fourth-order valence-corrected chi connectivity index (χ4v) is 1.77. The van der Waals surface area contributed by atoms with Gasteiger partial charge in [0.2, 0.25) is 0 Å². The van der Waals surface area contributed by atoms with E-state index < -0.39 is 11.7 Å². The van der Waals surface area contributed by atoms with Crippen molar-refractivity contribution in [1.82, 2.24) is 4.98 Å². The normalized spacial score (nSPS) is 9.67. The molecule has 0 unspecified atom stereocenters. The number of benzene rings is 1. The van der Waals surface area contributed by atoms with Gasteiger partial charge in [-0.3, -0.25) is 9.78 Å². The molecule has 21 heavy (non-hydrogen) atoms. The third-order valence-electron chi connectivity index (χ3n) is 2.81. The average Bonchev–Trinajstić information content (AvgIpc) is 2.48. The van der Waals surface area contributed by atoms with Crippen LogP contribution in [0.1, 0.15) is 21.6 Å². The SMILES string of the molecule is Cc1ncccc1NC(=O)c1cc(F)ccc1C#CCN. The summed E-state index contributed by atoms with van der Waals surface area (Å²) in [6.45, 7) is 1.94. The van der Waals surface area contributed by atoms with Crippen molar-refractivity contribution in [3.05, 3.63) is 59.2 Å². The summed E-state index contributed by atoms with van der Waals surface area (Å²) in [5.41, 5.74) is 7.17. The Morgan fingerprint density at radius 3 is 2.95 bits per heavy atom. The maximum Gasteiger partial charge on any atom is 0.257 e. The van der Waals surface area contributed by atoms with Crippen molar-refractivity contribution in [1.29, 1.82) is 0 Å². The maximum absolute atomic E-state index is 13.4. The molecule has 3 N–H and O–H groups in total. The highest BCUT2D eigenvalue weighted by molar-refractivity contribution is 6.06. The van der Waals surface area contributed by atoms with Gasteiger partial charge in [-0.05, 0) is 37.3 Å². The van der Waals surface area contributed by atoms with Crippen LogP contribution in [0.4, 0.5) is 10.1 Å². The van der Waals surface area contributed by atoms with Gasteiger partial charge in [0.15, 0.2) is 0 Å². The number of aryl methyl sites for hydroxylation is 1. The Kier molecular flexibility index (Phi) is 4.64. The van der Waals surface area contributed by atoms with Crippen molar-refractivity contribution < 1.29 is 9.18 Å². The van der Waals surface area contributed by atoms with Crippen LogP contribution in [0, 0.1) is 24.6 Å². The molecule has 1 aromatic heterocycles. The average molecular weight is 283 g/mol. The fraction of sp³-hybridized carbons (Fsp3) is 0.125. The van der Waals surface area contributed by atoms with Gasteiger partial charge in [-0.2, -0.15) is 0 Å². The number of amides is 1. The number of hydrogen-bond acceptors (Lipinski definition) is 3. The number of carbonyl (C=O) groups excluding carboxylic acids is 1. The van der Waals surface area contributed by atoms with Crippen LogP contribution in [-0.2, 0) is 0 Å². The van der Waals surface area contributed by atoms with E-state index in [-0.39, 0.29) is 12.1 Å². The topological polar surface area (TPSA) is 68.0 Å². The summed E-state index contributed by atoms with van der Waals surface area (Å²) in [6.07, 6.45) is 1.63. The van der Waals surface area contributed by atoms with Crippen LogP contribution in [0.5, 0.6) is 0 Å². The first-order valence-electron chi connectivity index (χ1n) is 6.33. The van der Waals surface area contributed by atoms with Crippen LogP contribution in [-0.4, -0.2) is 17.4 Å². The van der Waals surface area contributed by atoms with Gasteiger partial charge in [0, 0.05) is 11.8 Å². The van der Waals surface area contributed by atoms with Gasteiger partial charge in [-0.15, -0.1) is 0 Å². The molecule has 1 amide bonds. The van der Waals surface area contributed by atoms with Crippen molar-refractivity contribution in [3.8, 4) is 11.8 Å². The van der Waals surface area contributed by atoms with Gasteiger partial charge in [-0.25, -0.2) is 4.39 Å². The van der Waals surface area contributed by atoms with E-state index in [4.69, 9.17) is 5.73 Å². The zero-order chi connectivity index (χ0) is 15.2. The Hall–Kier alpha value is -2.71. The predicted molar refractivity (Wildman–Crippen MR) is 79.3 cm³/mol. The number of pyridine rings is 1. The molecule has 0 spiro atoms. The second-order valence-electron chi connectivity index (χ2n) is 4.29. The summed E-state index contributed by atoms with van der Waals surface area (Å²) in [6, 6.07) is 7.31. The van der Waals surface area contributed by atoms with Crippen molar-refractivity contribution in [2.45, 2.75) is 6.92 Å². The number of anilines is 1. The minimum Gasteiger partial charge on any atom is -0.320 e. The molecule has 2 rings (SSSR count). The van der Waals surface area contributed by atoms with Gasteiger partial charge >= 0.3 is 0 Å². The molecular weight excluding hydrogens is 269 g/mol. The number of nitrogens with one attached hydrogen (secondary N) is 1. The minimum atomic E-state index is -0.499. The smallest absolute Gasteiger partial charge is 0.257 e. The molecule has 0 aliphatic heterocycles.